The van der Waals surface area contributed by atoms with Gasteiger partial charge < -0.3 is 4.90 Å². The number of alkyl halides is 1. The number of H-pyrrole nitrogens is 1. The number of aromatic nitrogens is 4. The van der Waals surface area contributed by atoms with Gasteiger partial charge in [0.2, 0.25) is 5.95 Å². The van der Waals surface area contributed by atoms with Crippen molar-refractivity contribution in [2.45, 2.75) is 5.88 Å². The highest BCUT2D eigenvalue weighted by molar-refractivity contribution is 6.16. The Balaban J connectivity index is 1.84. The van der Waals surface area contributed by atoms with Crippen molar-refractivity contribution in [1.29, 1.82) is 0 Å². The highest BCUT2D eigenvalue weighted by Crippen LogP contribution is 2.12. The molecule has 21 heavy (non-hydrogen) atoms. The normalized spacial score (nSPS) is 16.5. The van der Waals surface area contributed by atoms with Gasteiger partial charge in [0, 0.05) is 38.8 Å². The Kier molecular flexibility index (Phi) is 3.94. The second-order valence-corrected chi connectivity index (χ2v) is 5.25. The van der Waals surface area contributed by atoms with Crippen molar-refractivity contribution in [3.63, 3.8) is 0 Å². The molecule has 112 valence electrons. The predicted molar refractivity (Wildman–Crippen MR) is 82.0 cm³/mol. The van der Waals surface area contributed by atoms with E-state index in [1.54, 1.807) is 0 Å². The van der Waals surface area contributed by atoms with Crippen molar-refractivity contribution >= 4 is 23.3 Å². The molecule has 1 aliphatic rings. The molecule has 1 fully saturated rings. The lowest BCUT2D eigenvalue weighted by atomic mass is 10.3. The number of rotatable bonds is 4. The van der Waals surface area contributed by atoms with E-state index in [4.69, 9.17) is 11.6 Å². The van der Waals surface area contributed by atoms with E-state index in [1.807, 2.05) is 6.08 Å². The Morgan fingerprint density at radius 2 is 2.10 bits per heavy atom. The van der Waals surface area contributed by atoms with Crippen LogP contribution in [0, 0.1) is 0 Å². The van der Waals surface area contributed by atoms with Gasteiger partial charge in [0.15, 0.2) is 0 Å². The molecule has 0 radical (unpaired) electrons. The van der Waals surface area contributed by atoms with Gasteiger partial charge in [-0.2, -0.15) is 9.50 Å². The molecule has 0 aromatic carbocycles. The molecule has 1 N–H and O–H groups in total. The summed E-state index contributed by atoms with van der Waals surface area (Å²) >= 11 is 5.73. The minimum Gasteiger partial charge on any atom is -0.339 e. The standard InChI is InChI=1S/C13H17ClN6O/c1-2-3-18-4-6-19(7-5-18)13-16-12-15-10(9-14)8-11(21)20(12)17-13/h2,8H,1,3-7,9H2,(H,15,16,17). The van der Waals surface area contributed by atoms with Gasteiger partial charge in [-0.1, -0.05) is 6.08 Å². The van der Waals surface area contributed by atoms with Crippen LogP contribution in [0.2, 0.25) is 0 Å². The van der Waals surface area contributed by atoms with Crippen LogP contribution in [0.3, 0.4) is 0 Å². The van der Waals surface area contributed by atoms with Crippen LogP contribution in [0.25, 0.3) is 5.78 Å². The van der Waals surface area contributed by atoms with Crippen molar-refractivity contribution in [3.05, 3.63) is 34.8 Å². The van der Waals surface area contributed by atoms with Crippen LogP contribution in [0.15, 0.2) is 23.5 Å². The van der Waals surface area contributed by atoms with E-state index in [0.717, 1.165) is 32.7 Å². The summed E-state index contributed by atoms with van der Waals surface area (Å²) in [6.45, 7) is 8.24. The lowest BCUT2D eigenvalue weighted by Gasteiger charge is -2.33. The maximum absolute atomic E-state index is 11.9. The van der Waals surface area contributed by atoms with Crippen LogP contribution >= 0.6 is 11.6 Å². The zero-order valence-corrected chi connectivity index (χ0v) is 12.4. The Hall–Kier alpha value is -1.86. The number of halogens is 1. The second-order valence-electron chi connectivity index (χ2n) is 4.98. The molecular weight excluding hydrogens is 292 g/mol. The third-order valence-corrected chi connectivity index (χ3v) is 3.84. The average Bonchev–Trinajstić information content (AvgIpc) is 2.93. The lowest BCUT2D eigenvalue weighted by Crippen LogP contribution is -2.46. The van der Waals surface area contributed by atoms with Crippen molar-refractivity contribution in [2.75, 3.05) is 37.6 Å². The van der Waals surface area contributed by atoms with Gasteiger partial charge >= 0.3 is 0 Å². The molecule has 1 aliphatic heterocycles. The molecule has 0 atom stereocenters. The van der Waals surface area contributed by atoms with Gasteiger partial charge in [0.1, 0.15) is 0 Å². The SMILES string of the molecule is C=CCN1CCN(c2nc3nc(CCl)cc(=O)n3[nH]2)CC1. The summed E-state index contributed by atoms with van der Waals surface area (Å²) in [6.07, 6.45) is 1.91. The van der Waals surface area contributed by atoms with Gasteiger partial charge in [-0.25, -0.2) is 4.98 Å². The molecule has 0 aliphatic carbocycles. The van der Waals surface area contributed by atoms with Crippen molar-refractivity contribution in [1.82, 2.24) is 24.5 Å². The van der Waals surface area contributed by atoms with Crippen molar-refractivity contribution < 1.29 is 0 Å². The molecule has 2 aromatic heterocycles. The van der Waals surface area contributed by atoms with Gasteiger partial charge in [0.05, 0.1) is 11.6 Å². The number of aromatic amines is 1. The van der Waals surface area contributed by atoms with Crippen LogP contribution in [0.1, 0.15) is 5.69 Å². The number of anilines is 1. The van der Waals surface area contributed by atoms with E-state index in [1.165, 1.54) is 10.6 Å². The molecule has 3 heterocycles. The van der Waals surface area contributed by atoms with Gasteiger partial charge in [0.25, 0.3) is 11.3 Å². The third kappa shape index (κ3) is 2.79. The third-order valence-electron chi connectivity index (χ3n) is 3.57. The molecule has 0 saturated carbocycles. The topological polar surface area (TPSA) is 69.5 Å². The molecule has 0 unspecified atom stereocenters. The van der Waals surface area contributed by atoms with Crippen molar-refractivity contribution in [3.8, 4) is 0 Å². The summed E-state index contributed by atoms with van der Waals surface area (Å²) in [5, 5.41) is 3.01. The summed E-state index contributed by atoms with van der Waals surface area (Å²) in [4.78, 5) is 25.0. The van der Waals surface area contributed by atoms with Crippen LogP contribution in [-0.2, 0) is 5.88 Å². The summed E-state index contributed by atoms with van der Waals surface area (Å²) in [5.74, 6) is 1.24. The molecule has 0 bridgehead atoms. The number of nitrogens with zero attached hydrogens (tertiary/aromatic N) is 5. The van der Waals surface area contributed by atoms with Gasteiger partial charge in [-0.15, -0.1) is 18.2 Å². The van der Waals surface area contributed by atoms with Crippen LogP contribution in [0.4, 0.5) is 5.95 Å². The summed E-state index contributed by atoms with van der Waals surface area (Å²) < 4.78 is 1.35. The van der Waals surface area contributed by atoms with E-state index in [2.05, 4.69) is 31.4 Å². The minimum absolute atomic E-state index is 0.195. The monoisotopic (exact) mass is 308 g/mol. The lowest BCUT2D eigenvalue weighted by molar-refractivity contribution is 0.283. The maximum atomic E-state index is 11.9. The molecule has 1 saturated heterocycles. The second kappa shape index (κ2) is 5.87. The first-order valence-electron chi connectivity index (χ1n) is 6.84. The molecule has 2 aromatic rings. The highest BCUT2D eigenvalue weighted by atomic mass is 35.5. The zero-order valence-electron chi connectivity index (χ0n) is 11.6. The first kappa shape index (κ1) is 14.1. The fourth-order valence-electron chi connectivity index (χ4n) is 2.45. The molecule has 0 amide bonds. The van der Waals surface area contributed by atoms with Crippen molar-refractivity contribution in [2.24, 2.45) is 0 Å². The first-order chi connectivity index (χ1) is 10.2. The van der Waals surface area contributed by atoms with E-state index in [9.17, 15) is 4.79 Å². The summed E-state index contributed by atoms with van der Waals surface area (Å²) in [5.41, 5.74) is 0.343. The number of piperazine rings is 1. The quantitative estimate of drug-likeness (QED) is 0.656. The fraction of sp³-hybridized carbons (Fsp3) is 0.462. The number of fused-ring (bicyclic) bond motifs is 1. The van der Waals surface area contributed by atoms with Crippen LogP contribution < -0.4 is 10.5 Å². The Bertz CT molecular complexity index is 700. The number of nitrogens with one attached hydrogen (secondary N) is 1. The van der Waals surface area contributed by atoms with E-state index in [0.29, 0.717) is 17.4 Å². The largest absolute Gasteiger partial charge is 0.339 e. The minimum atomic E-state index is -0.195. The smallest absolute Gasteiger partial charge is 0.274 e. The molecule has 3 rings (SSSR count). The zero-order chi connectivity index (χ0) is 14.8. The molecule has 0 spiro atoms. The average molecular weight is 309 g/mol. The van der Waals surface area contributed by atoms with E-state index in [-0.39, 0.29) is 11.4 Å². The predicted octanol–water partition coefficient (Wildman–Crippen LogP) is 0.464. The van der Waals surface area contributed by atoms with Crippen LogP contribution in [-0.4, -0.2) is 57.2 Å². The summed E-state index contributed by atoms with van der Waals surface area (Å²) in [6, 6.07) is 1.42. The molecule has 7 nitrogen and oxygen atoms in total. The Morgan fingerprint density at radius 1 is 1.33 bits per heavy atom. The van der Waals surface area contributed by atoms with Crippen LogP contribution in [0.5, 0.6) is 0 Å². The van der Waals surface area contributed by atoms with Gasteiger partial charge in [-0.05, 0) is 0 Å². The molecular formula is C13H17ClN6O. The summed E-state index contributed by atoms with van der Waals surface area (Å²) in [7, 11) is 0. The van der Waals surface area contributed by atoms with E-state index < -0.39 is 0 Å². The van der Waals surface area contributed by atoms with Gasteiger partial charge in [-0.3, -0.25) is 14.8 Å². The first-order valence-corrected chi connectivity index (χ1v) is 7.37. The van der Waals surface area contributed by atoms with E-state index >= 15 is 0 Å². The molecule has 8 heteroatoms. The number of hydrogen-bond donors (Lipinski definition) is 1. The maximum Gasteiger partial charge on any atom is 0.274 e. The Morgan fingerprint density at radius 3 is 2.76 bits per heavy atom. The Labute approximate surface area is 126 Å². The fourth-order valence-corrected chi connectivity index (χ4v) is 2.59. The highest BCUT2D eigenvalue weighted by Gasteiger charge is 2.19. The number of hydrogen-bond acceptors (Lipinski definition) is 5.